The summed E-state index contributed by atoms with van der Waals surface area (Å²) in [7, 11) is 0. The summed E-state index contributed by atoms with van der Waals surface area (Å²) < 4.78 is 12.0. The number of thioether (sulfide) groups is 1. The van der Waals surface area contributed by atoms with Crippen LogP contribution in [0.2, 0.25) is 5.02 Å². The Hall–Kier alpha value is -3.02. The molecule has 0 spiro atoms. The molecule has 4 nitrogen and oxygen atoms in total. The van der Waals surface area contributed by atoms with Crippen LogP contribution in [0, 0.1) is 12.8 Å². The Kier molecular flexibility index (Phi) is 4.63. The van der Waals surface area contributed by atoms with Gasteiger partial charge in [0.25, 0.3) is 0 Å². The molecule has 0 N–H and O–H groups in total. The lowest BCUT2D eigenvalue weighted by Gasteiger charge is -2.31. The SMILES string of the molecule is Cc1ccc2occ(C3Sc4ccccc4N=C4c5cc(Cl)ccc5OCC43)c(=O)c2c1. The minimum atomic E-state index is -0.217. The summed E-state index contributed by atoms with van der Waals surface area (Å²) in [6.07, 6.45) is 1.61. The molecule has 0 radical (unpaired) electrons. The van der Waals surface area contributed by atoms with Crippen molar-refractivity contribution < 1.29 is 9.15 Å². The number of rotatable bonds is 1. The van der Waals surface area contributed by atoms with E-state index < -0.39 is 0 Å². The second kappa shape index (κ2) is 7.54. The monoisotopic (exact) mass is 459 g/mol. The van der Waals surface area contributed by atoms with Gasteiger partial charge in [-0.3, -0.25) is 9.79 Å². The van der Waals surface area contributed by atoms with Crippen LogP contribution in [0.15, 0.2) is 86.0 Å². The van der Waals surface area contributed by atoms with Gasteiger partial charge >= 0.3 is 0 Å². The fraction of sp³-hybridized carbons (Fsp3) is 0.154. The number of benzene rings is 3. The molecule has 2 aliphatic heterocycles. The van der Waals surface area contributed by atoms with Crippen LogP contribution in [0.25, 0.3) is 11.0 Å². The smallest absolute Gasteiger partial charge is 0.197 e. The Balaban J connectivity index is 1.59. The van der Waals surface area contributed by atoms with Crippen molar-refractivity contribution in [1.29, 1.82) is 0 Å². The van der Waals surface area contributed by atoms with Gasteiger partial charge in [-0.2, -0.15) is 0 Å². The number of hydrogen-bond acceptors (Lipinski definition) is 5. The molecule has 158 valence electrons. The number of ether oxygens (including phenoxy) is 1. The van der Waals surface area contributed by atoms with E-state index in [0.717, 1.165) is 33.2 Å². The summed E-state index contributed by atoms with van der Waals surface area (Å²) >= 11 is 7.96. The van der Waals surface area contributed by atoms with E-state index in [1.165, 1.54) is 0 Å². The summed E-state index contributed by atoms with van der Waals surface area (Å²) in [5, 5.41) is 1.00. The lowest BCUT2D eigenvalue weighted by molar-refractivity contribution is 0.271. The Morgan fingerprint density at radius 2 is 1.97 bits per heavy atom. The van der Waals surface area contributed by atoms with Crippen molar-refractivity contribution in [2.45, 2.75) is 17.1 Å². The van der Waals surface area contributed by atoms with Crippen molar-refractivity contribution in [2.75, 3.05) is 6.61 Å². The number of fused-ring (bicyclic) bond motifs is 5. The Labute approximate surface area is 193 Å². The van der Waals surface area contributed by atoms with Gasteiger partial charge in [-0.1, -0.05) is 35.4 Å². The second-order valence-electron chi connectivity index (χ2n) is 8.08. The largest absolute Gasteiger partial charge is 0.492 e. The van der Waals surface area contributed by atoms with Gasteiger partial charge in [-0.05, 0) is 49.4 Å². The third kappa shape index (κ3) is 3.15. The van der Waals surface area contributed by atoms with Crippen molar-refractivity contribution in [1.82, 2.24) is 0 Å². The first-order chi connectivity index (χ1) is 15.6. The third-order valence-corrected chi connectivity index (χ3v) is 7.64. The lowest BCUT2D eigenvalue weighted by atomic mass is 9.88. The van der Waals surface area contributed by atoms with Crippen LogP contribution < -0.4 is 10.2 Å². The number of aliphatic imine (C=N–C) groups is 1. The fourth-order valence-corrected chi connectivity index (χ4v) is 5.89. The second-order valence-corrected chi connectivity index (χ2v) is 9.70. The Morgan fingerprint density at radius 1 is 1.09 bits per heavy atom. The summed E-state index contributed by atoms with van der Waals surface area (Å²) in [5.74, 6) is 0.622. The van der Waals surface area contributed by atoms with Crippen LogP contribution in [0.4, 0.5) is 5.69 Å². The first-order valence-electron chi connectivity index (χ1n) is 10.4. The zero-order valence-corrected chi connectivity index (χ0v) is 18.7. The molecule has 2 aliphatic rings. The number of aryl methyl sites for hydroxylation is 1. The first kappa shape index (κ1) is 19.6. The quantitative estimate of drug-likeness (QED) is 0.316. The highest BCUT2D eigenvalue weighted by atomic mass is 35.5. The highest BCUT2D eigenvalue weighted by Crippen LogP contribution is 2.50. The summed E-state index contributed by atoms with van der Waals surface area (Å²) in [6, 6.07) is 19.3. The molecular formula is C26H18ClNO3S. The first-order valence-corrected chi connectivity index (χ1v) is 11.6. The van der Waals surface area contributed by atoms with Crippen LogP contribution in [-0.4, -0.2) is 12.3 Å². The van der Waals surface area contributed by atoms with Crippen LogP contribution in [-0.2, 0) is 0 Å². The molecule has 0 saturated heterocycles. The highest BCUT2D eigenvalue weighted by Gasteiger charge is 2.39. The summed E-state index contributed by atoms with van der Waals surface area (Å²) in [5.41, 5.74) is 4.87. The molecule has 2 atom stereocenters. The average Bonchev–Trinajstić information content (AvgIpc) is 2.97. The number of hydrogen-bond donors (Lipinski definition) is 0. The highest BCUT2D eigenvalue weighted by molar-refractivity contribution is 7.99. The van der Waals surface area contributed by atoms with E-state index in [0.29, 0.717) is 28.2 Å². The van der Waals surface area contributed by atoms with E-state index in [-0.39, 0.29) is 16.6 Å². The molecule has 0 saturated carbocycles. The Morgan fingerprint density at radius 3 is 2.88 bits per heavy atom. The third-order valence-electron chi connectivity index (χ3n) is 5.97. The molecule has 6 heteroatoms. The predicted octanol–water partition coefficient (Wildman–Crippen LogP) is 6.73. The molecule has 0 aliphatic carbocycles. The summed E-state index contributed by atoms with van der Waals surface area (Å²) in [4.78, 5) is 19.7. The van der Waals surface area contributed by atoms with E-state index in [4.69, 9.17) is 25.7 Å². The molecule has 6 rings (SSSR count). The van der Waals surface area contributed by atoms with Crippen molar-refractivity contribution in [3.8, 4) is 5.75 Å². The van der Waals surface area contributed by atoms with Crippen molar-refractivity contribution in [2.24, 2.45) is 10.9 Å². The van der Waals surface area contributed by atoms with Crippen LogP contribution >= 0.6 is 23.4 Å². The maximum absolute atomic E-state index is 13.6. The van der Waals surface area contributed by atoms with E-state index >= 15 is 0 Å². The molecule has 0 fully saturated rings. The zero-order chi connectivity index (χ0) is 21.8. The van der Waals surface area contributed by atoms with Gasteiger partial charge in [-0.25, -0.2) is 0 Å². The van der Waals surface area contributed by atoms with Gasteiger partial charge in [0.1, 0.15) is 11.3 Å². The molecule has 3 heterocycles. The standard InChI is InChI=1S/C26H18ClNO3S/c1-14-6-8-22-17(10-14)25(29)19(13-31-22)26-18-12-30-21-9-7-15(27)11-16(21)24(18)28-20-4-2-3-5-23(20)32-26/h2-11,13,18,26H,12H2,1H3. The van der Waals surface area contributed by atoms with Crippen LogP contribution in [0.5, 0.6) is 5.75 Å². The van der Waals surface area contributed by atoms with Crippen LogP contribution in [0.3, 0.4) is 0 Å². The normalized spacial score (nSPS) is 19.2. The summed E-state index contributed by atoms with van der Waals surface area (Å²) in [6.45, 7) is 2.40. The van der Waals surface area contributed by atoms with Gasteiger partial charge in [-0.15, -0.1) is 11.8 Å². The van der Waals surface area contributed by atoms with Crippen molar-refractivity contribution in [3.05, 3.63) is 98.9 Å². The minimum Gasteiger partial charge on any atom is -0.492 e. The molecular weight excluding hydrogens is 442 g/mol. The fourth-order valence-electron chi connectivity index (χ4n) is 4.39. The van der Waals surface area contributed by atoms with E-state index in [2.05, 4.69) is 0 Å². The van der Waals surface area contributed by atoms with Gasteiger partial charge in [0.2, 0.25) is 0 Å². The van der Waals surface area contributed by atoms with Crippen molar-refractivity contribution in [3.63, 3.8) is 0 Å². The van der Waals surface area contributed by atoms with Gasteiger partial charge in [0.15, 0.2) is 5.43 Å². The number of para-hydroxylation sites is 1. The average molecular weight is 460 g/mol. The molecule has 3 aromatic carbocycles. The molecule has 0 bridgehead atoms. The topological polar surface area (TPSA) is 51.8 Å². The van der Waals surface area contributed by atoms with Gasteiger partial charge < -0.3 is 9.15 Å². The molecule has 0 amide bonds. The minimum absolute atomic E-state index is 0.0110. The lowest BCUT2D eigenvalue weighted by Crippen LogP contribution is -2.33. The van der Waals surface area contributed by atoms with Gasteiger partial charge in [0, 0.05) is 21.0 Å². The number of halogens is 1. The van der Waals surface area contributed by atoms with E-state index in [9.17, 15) is 4.79 Å². The van der Waals surface area contributed by atoms with Crippen LogP contribution in [0.1, 0.15) is 21.9 Å². The molecule has 2 unspecified atom stereocenters. The predicted molar refractivity (Wildman–Crippen MR) is 129 cm³/mol. The number of nitrogens with zero attached hydrogens (tertiary/aromatic N) is 1. The maximum Gasteiger partial charge on any atom is 0.197 e. The zero-order valence-electron chi connectivity index (χ0n) is 17.2. The Bertz CT molecular complexity index is 1480. The molecule has 32 heavy (non-hydrogen) atoms. The molecule has 4 aromatic rings. The van der Waals surface area contributed by atoms with E-state index in [1.807, 2.05) is 67.6 Å². The molecule has 1 aromatic heterocycles. The van der Waals surface area contributed by atoms with Gasteiger partial charge in [0.05, 0.1) is 40.8 Å². The van der Waals surface area contributed by atoms with Crippen molar-refractivity contribution >= 4 is 45.7 Å². The van der Waals surface area contributed by atoms with E-state index in [1.54, 1.807) is 18.0 Å². The maximum atomic E-state index is 13.6.